The number of nitrogens with zero attached hydrogens (tertiary/aromatic N) is 2. The van der Waals surface area contributed by atoms with Crippen LogP contribution in [0.4, 0.5) is 0 Å². The van der Waals surface area contributed by atoms with Crippen molar-refractivity contribution in [3.8, 4) is 11.5 Å². The van der Waals surface area contributed by atoms with Gasteiger partial charge >= 0.3 is 5.97 Å². The molecular weight excluding hydrogens is 320 g/mol. The Morgan fingerprint density at radius 2 is 1.88 bits per heavy atom. The van der Waals surface area contributed by atoms with Crippen molar-refractivity contribution in [3.05, 3.63) is 53.9 Å². The van der Waals surface area contributed by atoms with Gasteiger partial charge in [-0.1, -0.05) is 12.1 Å². The summed E-state index contributed by atoms with van der Waals surface area (Å²) in [7, 11) is 4.63. The first-order valence-electron chi connectivity index (χ1n) is 7.88. The highest BCUT2D eigenvalue weighted by molar-refractivity contribution is 5.79. The highest BCUT2D eigenvalue weighted by atomic mass is 16.5. The molecule has 1 aromatic heterocycles. The summed E-state index contributed by atoms with van der Waals surface area (Å²) in [5, 5.41) is 0. The third kappa shape index (κ3) is 3.42. The van der Waals surface area contributed by atoms with Crippen LogP contribution in [0.1, 0.15) is 11.4 Å². The molecule has 0 spiro atoms. The fourth-order valence-corrected chi connectivity index (χ4v) is 2.82. The highest BCUT2D eigenvalue weighted by Gasteiger charge is 2.16. The SMILES string of the molecule is COC(=O)Cn1c(Cc2cc(OC)ccc2OC)nc2ccccc21. The minimum atomic E-state index is -0.318. The van der Waals surface area contributed by atoms with Crippen LogP contribution in [-0.4, -0.2) is 36.8 Å². The summed E-state index contributed by atoms with van der Waals surface area (Å²) >= 11 is 0. The molecule has 0 unspecified atom stereocenters. The Bertz CT molecular complexity index is 902. The lowest BCUT2D eigenvalue weighted by atomic mass is 10.1. The number of ether oxygens (including phenoxy) is 3. The van der Waals surface area contributed by atoms with Crippen molar-refractivity contribution in [3.63, 3.8) is 0 Å². The monoisotopic (exact) mass is 340 g/mol. The number of hydrogen-bond donors (Lipinski definition) is 0. The summed E-state index contributed by atoms with van der Waals surface area (Å²) < 4.78 is 17.5. The molecule has 0 fully saturated rings. The molecule has 0 aliphatic rings. The molecule has 1 heterocycles. The number of esters is 1. The molecule has 0 aliphatic heterocycles. The third-order valence-electron chi connectivity index (χ3n) is 4.08. The van der Waals surface area contributed by atoms with Gasteiger partial charge in [0.2, 0.25) is 0 Å². The van der Waals surface area contributed by atoms with E-state index in [9.17, 15) is 4.79 Å². The van der Waals surface area contributed by atoms with E-state index >= 15 is 0 Å². The van der Waals surface area contributed by atoms with Gasteiger partial charge in [-0.05, 0) is 30.3 Å². The number of rotatable bonds is 6. The van der Waals surface area contributed by atoms with Crippen LogP contribution in [0.2, 0.25) is 0 Å². The Morgan fingerprint density at radius 3 is 2.60 bits per heavy atom. The van der Waals surface area contributed by atoms with Crippen molar-refractivity contribution in [2.24, 2.45) is 0 Å². The maximum atomic E-state index is 11.8. The summed E-state index contributed by atoms with van der Waals surface area (Å²) in [4.78, 5) is 16.5. The fourth-order valence-electron chi connectivity index (χ4n) is 2.82. The molecule has 0 amide bonds. The summed E-state index contributed by atoms with van der Waals surface area (Å²) in [6.07, 6.45) is 0.506. The number of hydrogen-bond acceptors (Lipinski definition) is 5. The van der Waals surface area contributed by atoms with Crippen molar-refractivity contribution < 1.29 is 19.0 Å². The molecule has 130 valence electrons. The highest BCUT2D eigenvalue weighted by Crippen LogP contribution is 2.27. The minimum Gasteiger partial charge on any atom is -0.497 e. The standard InChI is InChI=1S/C19H20N2O4/c1-23-14-8-9-17(24-2)13(10-14)11-18-20-15-6-4-5-7-16(15)21(18)12-19(22)25-3/h4-10H,11-12H2,1-3H3. The van der Waals surface area contributed by atoms with Crippen LogP contribution < -0.4 is 9.47 Å². The Morgan fingerprint density at radius 1 is 1.08 bits per heavy atom. The van der Waals surface area contributed by atoms with Gasteiger partial charge in [0.15, 0.2) is 0 Å². The third-order valence-corrected chi connectivity index (χ3v) is 4.08. The molecule has 2 aromatic carbocycles. The second-order valence-electron chi connectivity index (χ2n) is 5.53. The lowest BCUT2D eigenvalue weighted by molar-refractivity contribution is -0.141. The first-order chi connectivity index (χ1) is 12.2. The van der Waals surface area contributed by atoms with Gasteiger partial charge in [-0.2, -0.15) is 0 Å². The fraction of sp³-hybridized carbons (Fsp3) is 0.263. The maximum Gasteiger partial charge on any atom is 0.325 e. The predicted octanol–water partition coefficient (Wildman–Crippen LogP) is 2.82. The molecular formula is C19H20N2O4. The van der Waals surface area contributed by atoms with Crippen molar-refractivity contribution >= 4 is 17.0 Å². The van der Waals surface area contributed by atoms with Gasteiger partial charge in [-0.15, -0.1) is 0 Å². The van der Waals surface area contributed by atoms with E-state index in [-0.39, 0.29) is 12.5 Å². The first kappa shape index (κ1) is 16.8. The number of benzene rings is 2. The van der Waals surface area contributed by atoms with Gasteiger partial charge in [-0.25, -0.2) is 4.98 Å². The van der Waals surface area contributed by atoms with E-state index < -0.39 is 0 Å². The van der Waals surface area contributed by atoms with Crippen molar-refractivity contribution in [2.45, 2.75) is 13.0 Å². The summed E-state index contributed by atoms with van der Waals surface area (Å²) in [6, 6.07) is 13.3. The zero-order valence-corrected chi connectivity index (χ0v) is 14.5. The maximum absolute atomic E-state index is 11.8. The van der Waals surface area contributed by atoms with E-state index in [1.807, 2.05) is 47.0 Å². The molecule has 0 saturated carbocycles. The second kappa shape index (κ2) is 7.25. The van der Waals surface area contributed by atoms with E-state index in [0.29, 0.717) is 6.42 Å². The van der Waals surface area contributed by atoms with Gasteiger partial charge in [0.25, 0.3) is 0 Å². The number of imidazole rings is 1. The average Bonchev–Trinajstić information content (AvgIpc) is 2.98. The van der Waals surface area contributed by atoms with Crippen LogP contribution in [0.25, 0.3) is 11.0 Å². The van der Waals surface area contributed by atoms with Gasteiger partial charge in [-0.3, -0.25) is 4.79 Å². The zero-order valence-electron chi connectivity index (χ0n) is 14.5. The van der Waals surface area contributed by atoms with Crippen LogP contribution in [0.5, 0.6) is 11.5 Å². The van der Waals surface area contributed by atoms with Gasteiger partial charge in [0.1, 0.15) is 23.9 Å². The zero-order chi connectivity index (χ0) is 17.8. The number of methoxy groups -OCH3 is 3. The number of aromatic nitrogens is 2. The van der Waals surface area contributed by atoms with Crippen LogP contribution in [-0.2, 0) is 22.5 Å². The molecule has 3 rings (SSSR count). The molecule has 0 aliphatic carbocycles. The smallest absolute Gasteiger partial charge is 0.325 e. The molecule has 0 atom stereocenters. The van der Waals surface area contributed by atoms with E-state index in [0.717, 1.165) is 33.9 Å². The van der Waals surface area contributed by atoms with E-state index in [1.165, 1.54) is 7.11 Å². The van der Waals surface area contributed by atoms with Crippen LogP contribution in [0, 0.1) is 0 Å². The van der Waals surface area contributed by atoms with Crippen molar-refractivity contribution in [1.29, 1.82) is 0 Å². The van der Waals surface area contributed by atoms with E-state index in [4.69, 9.17) is 14.2 Å². The predicted molar refractivity (Wildman–Crippen MR) is 94.1 cm³/mol. The van der Waals surface area contributed by atoms with Crippen LogP contribution in [0.15, 0.2) is 42.5 Å². The molecule has 0 radical (unpaired) electrons. The van der Waals surface area contributed by atoms with Gasteiger partial charge < -0.3 is 18.8 Å². The number of fused-ring (bicyclic) bond motifs is 1. The van der Waals surface area contributed by atoms with Crippen molar-refractivity contribution in [1.82, 2.24) is 9.55 Å². The molecule has 0 bridgehead atoms. The van der Waals surface area contributed by atoms with Gasteiger partial charge in [0, 0.05) is 12.0 Å². The number of carbonyl (C=O) groups is 1. The van der Waals surface area contributed by atoms with Crippen LogP contribution in [0.3, 0.4) is 0 Å². The lowest BCUT2D eigenvalue weighted by Gasteiger charge is -2.12. The average molecular weight is 340 g/mol. The Labute approximate surface area is 146 Å². The molecule has 6 heteroatoms. The summed E-state index contributed by atoms with van der Waals surface area (Å²) in [5.74, 6) is 1.93. The molecule has 0 saturated heterocycles. The normalized spacial score (nSPS) is 10.7. The quantitative estimate of drug-likeness (QED) is 0.646. The number of para-hydroxylation sites is 2. The van der Waals surface area contributed by atoms with E-state index in [2.05, 4.69) is 4.98 Å². The summed E-state index contributed by atoms with van der Waals surface area (Å²) in [6.45, 7) is 0.110. The van der Waals surface area contributed by atoms with Gasteiger partial charge in [0.05, 0.1) is 32.4 Å². The second-order valence-corrected chi connectivity index (χ2v) is 5.53. The number of carbonyl (C=O) groups excluding carboxylic acids is 1. The van der Waals surface area contributed by atoms with Crippen LogP contribution >= 0.6 is 0 Å². The molecule has 0 N–H and O–H groups in total. The molecule has 3 aromatic rings. The van der Waals surface area contributed by atoms with E-state index in [1.54, 1.807) is 14.2 Å². The largest absolute Gasteiger partial charge is 0.497 e. The Hall–Kier alpha value is -3.02. The first-order valence-corrected chi connectivity index (χ1v) is 7.88. The lowest BCUT2D eigenvalue weighted by Crippen LogP contribution is -2.14. The topological polar surface area (TPSA) is 62.6 Å². The minimum absolute atomic E-state index is 0.110. The molecule has 25 heavy (non-hydrogen) atoms. The summed E-state index contributed by atoms with van der Waals surface area (Å²) in [5.41, 5.74) is 2.66. The Balaban J connectivity index is 2.06. The Kier molecular flexibility index (Phi) is 4.88. The van der Waals surface area contributed by atoms with Crippen molar-refractivity contribution in [2.75, 3.05) is 21.3 Å². The molecule has 6 nitrogen and oxygen atoms in total.